The van der Waals surface area contributed by atoms with Crippen LogP contribution in [-0.2, 0) is 5.88 Å². The van der Waals surface area contributed by atoms with Crippen molar-refractivity contribution in [3.05, 3.63) is 23.6 Å². The smallest absolute Gasteiger partial charge is 0.141 e. The zero-order valence-electron chi connectivity index (χ0n) is 9.63. The van der Waals surface area contributed by atoms with Gasteiger partial charge < -0.3 is 4.90 Å². The number of nitrogens with zero attached hydrogens (tertiary/aromatic N) is 2. The van der Waals surface area contributed by atoms with Crippen molar-refractivity contribution in [3.8, 4) is 0 Å². The van der Waals surface area contributed by atoms with Gasteiger partial charge in [-0.15, -0.1) is 11.6 Å². The number of alkyl halides is 1. The third kappa shape index (κ3) is 2.29. The van der Waals surface area contributed by atoms with Crippen molar-refractivity contribution in [2.45, 2.75) is 26.1 Å². The van der Waals surface area contributed by atoms with Crippen LogP contribution in [0, 0.1) is 11.2 Å². The van der Waals surface area contributed by atoms with Crippen LogP contribution in [0.25, 0.3) is 0 Å². The highest BCUT2D eigenvalue weighted by atomic mass is 35.5. The van der Waals surface area contributed by atoms with E-state index in [2.05, 4.69) is 23.7 Å². The molecule has 1 aliphatic rings. The van der Waals surface area contributed by atoms with E-state index < -0.39 is 0 Å². The molecule has 0 aliphatic carbocycles. The Hall–Kier alpha value is -0.830. The summed E-state index contributed by atoms with van der Waals surface area (Å²) in [5, 5.41) is 0. The first-order valence-corrected chi connectivity index (χ1v) is 6.01. The van der Waals surface area contributed by atoms with E-state index >= 15 is 0 Å². The number of hydrogen-bond acceptors (Lipinski definition) is 2. The van der Waals surface area contributed by atoms with Crippen LogP contribution in [0.1, 0.15) is 25.8 Å². The van der Waals surface area contributed by atoms with Crippen molar-refractivity contribution in [1.29, 1.82) is 0 Å². The Kier molecular flexibility index (Phi) is 3.06. The second-order valence-electron chi connectivity index (χ2n) is 5.11. The predicted octanol–water partition coefficient (Wildman–Crippen LogP) is 3.20. The SMILES string of the molecule is CC1(C)CCN(c2ncc(F)cc2CCl)C1. The molecule has 1 aliphatic heterocycles. The number of pyridine rings is 1. The molecule has 2 heterocycles. The molecular weight excluding hydrogens is 227 g/mol. The first-order chi connectivity index (χ1) is 7.52. The first kappa shape index (κ1) is 11.6. The van der Waals surface area contributed by atoms with Crippen LogP contribution in [0.5, 0.6) is 0 Å². The second-order valence-corrected chi connectivity index (χ2v) is 5.37. The van der Waals surface area contributed by atoms with Crippen LogP contribution in [0.2, 0.25) is 0 Å². The van der Waals surface area contributed by atoms with Gasteiger partial charge in [-0.1, -0.05) is 13.8 Å². The molecule has 0 spiro atoms. The van der Waals surface area contributed by atoms with Gasteiger partial charge in [-0.2, -0.15) is 0 Å². The van der Waals surface area contributed by atoms with Gasteiger partial charge in [-0.3, -0.25) is 0 Å². The third-order valence-corrected chi connectivity index (χ3v) is 3.32. The van der Waals surface area contributed by atoms with E-state index in [4.69, 9.17) is 11.6 Å². The summed E-state index contributed by atoms with van der Waals surface area (Å²) in [6.07, 6.45) is 2.39. The molecule has 1 fully saturated rings. The van der Waals surface area contributed by atoms with E-state index in [0.717, 1.165) is 30.9 Å². The monoisotopic (exact) mass is 242 g/mol. The first-order valence-electron chi connectivity index (χ1n) is 5.47. The van der Waals surface area contributed by atoms with E-state index in [1.54, 1.807) is 0 Å². The summed E-state index contributed by atoms with van der Waals surface area (Å²) < 4.78 is 13.0. The van der Waals surface area contributed by atoms with Gasteiger partial charge in [0.05, 0.1) is 12.1 Å². The van der Waals surface area contributed by atoms with Gasteiger partial charge in [0.25, 0.3) is 0 Å². The Labute approximate surface area is 100 Å². The molecule has 0 bridgehead atoms. The van der Waals surface area contributed by atoms with Gasteiger partial charge in [-0.25, -0.2) is 9.37 Å². The Balaban J connectivity index is 2.27. The number of rotatable bonds is 2. The average molecular weight is 243 g/mol. The number of halogens is 2. The lowest BCUT2D eigenvalue weighted by Crippen LogP contribution is -2.24. The van der Waals surface area contributed by atoms with Crippen LogP contribution in [-0.4, -0.2) is 18.1 Å². The van der Waals surface area contributed by atoms with Gasteiger partial charge in [0, 0.05) is 18.7 Å². The van der Waals surface area contributed by atoms with E-state index in [-0.39, 0.29) is 5.82 Å². The zero-order valence-corrected chi connectivity index (χ0v) is 10.4. The highest BCUT2D eigenvalue weighted by Crippen LogP contribution is 2.33. The predicted molar refractivity (Wildman–Crippen MR) is 64.4 cm³/mol. The fourth-order valence-corrected chi connectivity index (χ4v) is 2.35. The highest BCUT2D eigenvalue weighted by molar-refractivity contribution is 6.17. The summed E-state index contributed by atoms with van der Waals surface area (Å²) in [5.41, 5.74) is 1.08. The summed E-state index contributed by atoms with van der Waals surface area (Å²) in [5.74, 6) is 0.816. The van der Waals surface area contributed by atoms with Gasteiger partial charge in [0.2, 0.25) is 0 Å². The quantitative estimate of drug-likeness (QED) is 0.741. The van der Waals surface area contributed by atoms with Gasteiger partial charge >= 0.3 is 0 Å². The molecule has 0 aromatic carbocycles. The average Bonchev–Trinajstić information content (AvgIpc) is 2.58. The van der Waals surface area contributed by atoms with Crippen LogP contribution < -0.4 is 4.90 Å². The molecule has 0 saturated carbocycles. The summed E-state index contributed by atoms with van der Waals surface area (Å²) in [6.45, 7) is 6.39. The minimum Gasteiger partial charge on any atom is -0.356 e. The summed E-state index contributed by atoms with van der Waals surface area (Å²) in [4.78, 5) is 6.35. The maximum absolute atomic E-state index is 13.0. The normalized spacial score (nSPS) is 19.1. The van der Waals surface area contributed by atoms with Crippen LogP contribution >= 0.6 is 11.6 Å². The number of hydrogen-bond donors (Lipinski definition) is 0. The van der Waals surface area contributed by atoms with Crippen LogP contribution in [0.4, 0.5) is 10.2 Å². The van der Waals surface area contributed by atoms with Crippen molar-refractivity contribution in [2.24, 2.45) is 5.41 Å². The Morgan fingerprint density at radius 3 is 2.88 bits per heavy atom. The molecule has 16 heavy (non-hydrogen) atoms. The van der Waals surface area contributed by atoms with Gasteiger partial charge in [-0.05, 0) is 17.9 Å². The molecule has 0 amide bonds. The Morgan fingerprint density at radius 1 is 1.56 bits per heavy atom. The molecule has 88 valence electrons. The molecule has 2 nitrogen and oxygen atoms in total. The molecule has 1 saturated heterocycles. The topological polar surface area (TPSA) is 16.1 Å². The van der Waals surface area contributed by atoms with Crippen molar-refractivity contribution >= 4 is 17.4 Å². The molecular formula is C12H16ClFN2. The molecule has 0 radical (unpaired) electrons. The van der Waals surface area contributed by atoms with E-state index in [1.807, 2.05) is 0 Å². The van der Waals surface area contributed by atoms with Crippen molar-refractivity contribution in [2.75, 3.05) is 18.0 Å². The maximum atomic E-state index is 13.0. The molecule has 0 unspecified atom stereocenters. The van der Waals surface area contributed by atoms with Crippen molar-refractivity contribution in [3.63, 3.8) is 0 Å². The van der Waals surface area contributed by atoms with Gasteiger partial charge in [0.15, 0.2) is 0 Å². The Morgan fingerprint density at radius 2 is 2.31 bits per heavy atom. The summed E-state index contributed by atoms with van der Waals surface area (Å²) in [7, 11) is 0. The molecule has 0 N–H and O–H groups in total. The lowest BCUT2D eigenvalue weighted by Gasteiger charge is -2.22. The van der Waals surface area contributed by atoms with Crippen LogP contribution in [0.15, 0.2) is 12.3 Å². The van der Waals surface area contributed by atoms with E-state index in [1.165, 1.54) is 12.3 Å². The van der Waals surface area contributed by atoms with Gasteiger partial charge in [0.1, 0.15) is 11.6 Å². The molecule has 4 heteroatoms. The lowest BCUT2D eigenvalue weighted by molar-refractivity contribution is 0.418. The fourth-order valence-electron chi connectivity index (χ4n) is 2.15. The molecule has 1 aromatic heterocycles. The third-order valence-electron chi connectivity index (χ3n) is 3.03. The number of anilines is 1. The summed E-state index contributed by atoms with van der Waals surface area (Å²) >= 11 is 5.82. The minimum absolute atomic E-state index is 0.303. The minimum atomic E-state index is -0.321. The second kappa shape index (κ2) is 4.21. The highest BCUT2D eigenvalue weighted by Gasteiger charge is 2.30. The maximum Gasteiger partial charge on any atom is 0.141 e. The fraction of sp³-hybridized carbons (Fsp3) is 0.583. The summed E-state index contributed by atoms with van der Waals surface area (Å²) in [6, 6.07) is 1.47. The number of aromatic nitrogens is 1. The standard InChI is InChI=1S/C12H16ClFN2/c1-12(2)3-4-16(8-12)11-9(6-13)5-10(14)7-15-11/h5,7H,3-4,6,8H2,1-2H3. The molecule has 0 atom stereocenters. The largest absolute Gasteiger partial charge is 0.356 e. The van der Waals surface area contributed by atoms with E-state index in [0.29, 0.717) is 11.3 Å². The van der Waals surface area contributed by atoms with E-state index in [9.17, 15) is 4.39 Å². The van der Waals surface area contributed by atoms with Crippen LogP contribution in [0.3, 0.4) is 0 Å². The van der Waals surface area contributed by atoms with Crippen molar-refractivity contribution in [1.82, 2.24) is 4.98 Å². The zero-order chi connectivity index (χ0) is 11.8. The lowest BCUT2D eigenvalue weighted by atomic mass is 9.93. The molecule has 1 aromatic rings. The molecule has 2 rings (SSSR count). The Bertz CT molecular complexity index is 393. The van der Waals surface area contributed by atoms with Crippen molar-refractivity contribution < 1.29 is 4.39 Å².